The SMILES string of the molecule is C[C@@H](CN)C1(c2ccccc2)CC1(C)C. The second-order valence-electron chi connectivity index (χ2n) is 5.53. The fraction of sp³-hybridized carbons (Fsp3) is 0.571. The third-order valence-corrected chi connectivity index (χ3v) is 4.29. The number of nitrogens with two attached hydrogens (primary N) is 1. The Morgan fingerprint density at radius 2 is 1.80 bits per heavy atom. The fourth-order valence-electron chi connectivity index (χ4n) is 3.21. The molecule has 0 spiro atoms. The molecule has 0 aliphatic heterocycles. The van der Waals surface area contributed by atoms with Crippen molar-refractivity contribution in [1.82, 2.24) is 0 Å². The van der Waals surface area contributed by atoms with Crippen LogP contribution in [0.1, 0.15) is 32.8 Å². The Hall–Kier alpha value is -0.820. The highest BCUT2D eigenvalue weighted by molar-refractivity contribution is 5.38. The molecule has 2 atom stereocenters. The fourth-order valence-corrected chi connectivity index (χ4v) is 3.21. The summed E-state index contributed by atoms with van der Waals surface area (Å²) in [7, 11) is 0. The maximum absolute atomic E-state index is 5.86. The van der Waals surface area contributed by atoms with Gasteiger partial charge in [0.1, 0.15) is 0 Å². The van der Waals surface area contributed by atoms with Crippen LogP contribution in [0, 0.1) is 11.3 Å². The number of hydrogen-bond donors (Lipinski definition) is 1. The first-order chi connectivity index (χ1) is 7.04. The second-order valence-corrected chi connectivity index (χ2v) is 5.53. The molecule has 1 unspecified atom stereocenters. The number of rotatable bonds is 3. The van der Waals surface area contributed by atoms with E-state index in [0.29, 0.717) is 16.7 Å². The summed E-state index contributed by atoms with van der Waals surface area (Å²) in [5.41, 5.74) is 8.05. The molecule has 0 radical (unpaired) electrons. The van der Waals surface area contributed by atoms with Gasteiger partial charge in [-0.1, -0.05) is 51.1 Å². The van der Waals surface area contributed by atoms with E-state index >= 15 is 0 Å². The molecule has 2 rings (SSSR count). The van der Waals surface area contributed by atoms with Gasteiger partial charge in [-0.25, -0.2) is 0 Å². The highest BCUT2D eigenvalue weighted by atomic mass is 14.7. The minimum atomic E-state index is 0.322. The molecule has 2 N–H and O–H groups in total. The topological polar surface area (TPSA) is 26.0 Å². The lowest BCUT2D eigenvalue weighted by molar-refractivity contribution is 0.366. The summed E-state index contributed by atoms with van der Waals surface area (Å²) in [4.78, 5) is 0. The van der Waals surface area contributed by atoms with Crippen LogP contribution in [-0.2, 0) is 5.41 Å². The Bertz CT molecular complexity index is 342. The monoisotopic (exact) mass is 203 g/mol. The zero-order valence-corrected chi connectivity index (χ0v) is 9.96. The van der Waals surface area contributed by atoms with Crippen molar-refractivity contribution in [2.45, 2.75) is 32.6 Å². The van der Waals surface area contributed by atoms with E-state index in [-0.39, 0.29) is 0 Å². The van der Waals surface area contributed by atoms with Crippen molar-refractivity contribution in [3.05, 3.63) is 35.9 Å². The van der Waals surface area contributed by atoms with Crippen molar-refractivity contribution in [1.29, 1.82) is 0 Å². The van der Waals surface area contributed by atoms with Gasteiger partial charge < -0.3 is 5.73 Å². The van der Waals surface area contributed by atoms with Crippen LogP contribution in [0.4, 0.5) is 0 Å². The molecule has 0 aromatic heterocycles. The van der Waals surface area contributed by atoms with E-state index in [4.69, 9.17) is 5.73 Å². The standard InChI is InChI=1S/C14H21N/c1-11(9-15)14(10-13(14,2)3)12-7-5-4-6-8-12/h4-8,11H,9-10,15H2,1-3H3/t11-,14?/m0/s1. The molecule has 0 heterocycles. The molecule has 82 valence electrons. The molecular weight excluding hydrogens is 182 g/mol. The maximum Gasteiger partial charge on any atom is 0.00474 e. The summed E-state index contributed by atoms with van der Waals surface area (Å²) in [6.07, 6.45) is 1.27. The van der Waals surface area contributed by atoms with Crippen LogP contribution in [0.2, 0.25) is 0 Å². The first-order valence-corrected chi connectivity index (χ1v) is 5.80. The van der Waals surface area contributed by atoms with Crippen LogP contribution in [0.25, 0.3) is 0 Å². The van der Waals surface area contributed by atoms with Crippen LogP contribution >= 0.6 is 0 Å². The van der Waals surface area contributed by atoms with Gasteiger partial charge in [0.25, 0.3) is 0 Å². The van der Waals surface area contributed by atoms with Crippen LogP contribution in [0.5, 0.6) is 0 Å². The minimum absolute atomic E-state index is 0.322. The van der Waals surface area contributed by atoms with Gasteiger partial charge >= 0.3 is 0 Å². The molecule has 1 heteroatoms. The molecule has 1 aliphatic carbocycles. The van der Waals surface area contributed by atoms with Crippen LogP contribution in [-0.4, -0.2) is 6.54 Å². The maximum atomic E-state index is 5.86. The Labute approximate surface area is 92.7 Å². The third-order valence-electron chi connectivity index (χ3n) is 4.29. The van der Waals surface area contributed by atoms with Gasteiger partial charge in [-0.15, -0.1) is 0 Å². The zero-order valence-electron chi connectivity index (χ0n) is 9.96. The van der Waals surface area contributed by atoms with Crippen LogP contribution in [0.3, 0.4) is 0 Å². The summed E-state index contributed by atoms with van der Waals surface area (Å²) in [5.74, 6) is 0.565. The lowest BCUT2D eigenvalue weighted by Gasteiger charge is -2.27. The lowest BCUT2D eigenvalue weighted by Crippen LogP contribution is -2.29. The molecule has 1 saturated carbocycles. The summed E-state index contributed by atoms with van der Waals surface area (Å²) >= 11 is 0. The molecule has 1 aliphatic rings. The Balaban J connectivity index is 2.39. The highest BCUT2D eigenvalue weighted by Gasteiger charge is 2.63. The molecule has 1 fully saturated rings. The van der Waals surface area contributed by atoms with Crippen LogP contribution in [0.15, 0.2) is 30.3 Å². The van der Waals surface area contributed by atoms with Gasteiger partial charge in [0.2, 0.25) is 0 Å². The summed E-state index contributed by atoms with van der Waals surface area (Å²) in [5, 5.41) is 0. The van der Waals surface area contributed by atoms with Crippen molar-refractivity contribution in [3.63, 3.8) is 0 Å². The zero-order chi connectivity index (χ0) is 11.1. The van der Waals surface area contributed by atoms with Crippen molar-refractivity contribution in [3.8, 4) is 0 Å². The quantitative estimate of drug-likeness (QED) is 0.803. The molecule has 0 bridgehead atoms. The predicted molar refractivity (Wildman–Crippen MR) is 64.7 cm³/mol. The molecule has 15 heavy (non-hydrogen) atoms. The Morgan fingerprint density at radius 3 is 2.20 bits per heavy atom. The van der Waals surface area contributed by atoms with Gasteiger partial charge in [0.05, 0.1) is 0 Å². The largest absolute Gasteiger partial charge is 0.330 e. The number of benzene rings is 1. The summed E-state index contributed by atoms with van der Waals surface area (Å²) < 4.78 is 0. The Kier molecular flexibility index (Phi) is 2.38. The van der Waals surface area contributed by atoms with Crippen molar-refractivity contribution in [2.75, 3.05) is 6.54 Å². The van der Waals surface area contributed by atoms with E-state index < -0.39 is 0 Å². The van der Waals surface area contributed by atoms with E-state index in [2.05, 4.69) is 51.1 Å². The van der Waals surface area contributed by atoms with E-state index in [1.165, 1.54) is 12.0 Å². The molecule has 1 aromatic rings. The minimum Gasteiger partial charge on any atom is -0.330 e. The first-order valence-electron chi connectivity index (χ1n) is 5.80. The van der Waals surface area contributed by atoms with Gasteiger partial charge in [0.15, 0.2) is 0 Å². The van der Waals surface area contributed by atoms with E-state index in [1.54, 1.807) is 0 Å². The van der Waals surface area contributed by atoms with Gasteiger partial charge in [-0.3, -0.25) is 0 Å². The Morgan fingerprint density at radius 1 is 1.27 bits per heavy atom. The van der Waals surface area contributed by atoms with Gasteiger partial charge in [-0.2, -0.15) is 0 Å². The molecular formula is C14H21N. The van der Waals surface area contributed by atoms with E-state index in [9.17, 15) is 0 Å². The number of hydrogen-bond acceptors (Lipinski definition) is 1. The molecule has 1 nitrogen and oxygen atoms in total. The average Bonchev–Trinajstić information content (AvgIpc) is 2.83. The third kappa shape index (κ3) is 1.41. The molecule has 1 aromatic carbocycles. The normalized spacial score (nSPS) is 29.9. The molecule has 0 saturated heterocycles. The summed E-state index contributed by atoms with van der Waals surface area (Å²) in [6.45, 7) is 7.76. The smallest absolute Gasteiger partial charge is 0.00474 e. The van der Waals surface area contributed by atoms with E-state index in [1.807, 2.05) is 0 Å². The second kappa shape index (κ2) is 3.34. The van der Waals surface area contributed by atoms with Crippen molar-refractivity contribution >= 4 is 0 Å². The molecule has 0 amide bonds. The lowest BCUT2D eigenvalue weighted by atomic mass is 9.78. The summed E-state index contributed by atoms with van der Waals surface area (Å²) in [6, 6.07) is 10.9. The first kappa shape index (κ1) is 10.7. The van der Waals surface area contributed by atoms with Gasteiger partial charge in [0, 0.05) is 5.41 Å². The van der Waals surface area contributed by atoms with Crippen molar-refractivity contribution in [2.24, 2.45) is 17.1 Å². The predicted octanol–water partition coefficient (Wildman–Crippen LogP) is 2.95. The van der Waals surface area contributed by atoms with Crippen molar-refractivity contribution < 1.29 is 0 Å². The van der Waals surface area contributed by atoms with Crippen LogP contribution < -0.4 is 5.73 Å². The average molecular weight is 203 g/mol. The highest BCUT2D eigenvalue weighted by Crippen LogP contribution is 2.67. The van der Waals surface area contributed by atoms with Gasteiger partial charge in [-0.05, 0) is 29.9 Å². The van der Waals surface area contributed by atoms with E-state index in [0.717, 1.165) is 6.54 Å².